The van der Waals surface area contributed by atoms with E-state index in [-0.39, 0.29) is 4.27 Å². The molecule has 0 rings (SSSR count). The maximum atomic E-state index is 3.32. The normalized spacial score (nSPS) is 15.8. The highest BCUT2D eigenvalue weighted by molar-refractivity contribution is 14.2. The summed E-state index contributed by atoms with van der Waals surface area (Å²) in [6, 6.07) is 0. The highest BCUT2D eigenvalue weighted by Crippen LogP contribution is 2.48. The minimum absolute atomic E-state index is 0.162. The van der Waals surface area contributed by atoms with Gasteiger partial charge in [-0.2, -0.15) is 0 Å². The Morgan fingerprint density at radius 1 is 2.00 bits per heavy atom. The van der Waals surface area contributed by atoms with E-state index >= 15 is 0 Å². The third-order valence-electron chi connectivity index (χ3n) is 0. The van der Waals surface area contributed by atoms with E-state index in [0.29, 0.717) is 0 Å². The van der Waals surface area contributed by atoms with Crippen LogP contribution in [0.5, 0.6) is 0 Å². The zero-order chi connectivity index (χ0) is 3.58. The minimum Gasteiger partial charge on any atom is -0.0488 e. The Balaban J connectivity index is 2.32. The van der Waals surface area contributed by atoms with Crippen molar-refractivity contribution in [2.75, 3.05) is 6.66 Å². The van der Waals surface area contributed by atoms with Gasteiger partial charge in [-0.15, -0.1) is 0 Å². The van der Waals surface area contributed by atoms with E-state index in [1.165, 1.54) is 0 Å². The number of rotatable bonds is 0. The summed E-state index contributed by atoms with van der Waals surface area (Å²) in [5.41, 5.74) is 0. The van der Waals surface area contributed by atoms with Crippen LogP contribution in [0.15, 0.2) is 0 Å². The first-order chi connectivity index (χ1) is 1.73. The topological polar surface area (TPSA) is 0 Å². The van der Waals surface area contributed by atoms with Crippen LogP contribution in [0, 0.1) is 0 Å². The first kappa shape index (κ1) is 5.64. The molecule has 0 saturated carbocycles. The van der Waals surface area contributed by atoms with Crippen molar-refractivity contribution in [1.82, 2.24) is 0 Å². The SMILES string of the molecule is CP(Br)I. The predicted molar refractivity (Wildman–Crippen MR) is 35.8 cm³/mol. The monoisotopic (exact) mass is 252 g/mol. The molecule has 26 valence electrons. The van der Waals surface area contributed by atoms with Crippen molar-refractivity contribution >= 4 is 41.8 Å². The van der Waals surface area contributed by atoms with Crippen LogP contribution in [0.1, 0.15) is 0 Å². The van der Waals surface area contributed by atoms with E-state index in [2.05, 4.69) is 44.2 Å². The third kappa shape index (κ3) is 9.43. The largest absolute Gasteiger partial charge is 0.0488 e. The molecule has 0 radical (unpaired) electrons. The Labute approximate surface area is 48.3 Å². The third-order valence-corrected chi connectivity index (χ3v) is 0. The molecule has 3 heteroatoms. The van der Waals surface area contributed by atoms with Crippen LogP contribution in [0.2, 0.25) is 0 Å². The average molecular weight is 253 g/mol. The summed E-state index contributed by atoms with van der Waals surface area (Å²) >= 11 is 5.65. The standard InChI is InChI=1S/CH3BrIP/c1-4(2)3/h1H3. The average Bonchev–Trinajstić information content (AvgIpc) is 0.811. The highest BCUT2D eigenvalue weighted by Gasteiger charge is 1.73. The van der Waals surface area contributed by atoms with E-state index in [9.17, 15) is 0 Å². The lowest BCUT2D eigenvalue weighted by Crippen LogP contribution is -1.16. The Kier molecular flexibility index (Phi) is 4.03. The summed E-state index contributed by atoms with van der Waals surface area (Å²) in [4.78, 5) is 0. The van der Waals surface area contributed by atoms with E-state index < -0.39 is 0 Å². The molecule has 0 fully saturated rings. The summed E-state index contributed by atoms with van der Waals surface area (Å²) in [6.07, 6.45) is 0. The second kappa shape index (κ2) is 2.86. The molecule has 0 bridgehead atoms. The molecule has 1 atom stereocenters. The molecule has 0 aliphatic heterocycles. The van der Waals surface area contributed by atoms with E-state index in [4.69, 9.17) is 0 Å². The van der Waals surface area contributed by atoms with Gasteiger partial charge in [0.05, 0.1) is 0 Å². The molecule has 0 nitrogen and oxygen atoms in total. The van der Waals surface area contributed by atoms with Gasteiger partial charge in [-0.05, 0) is 44.2 Å². The van der Waals surface area contributed by atoms with Gasteiger partial charge in [0.15, 0.2) is 0 Å². The molecule has 0 aromatic heterocycles. The fourth-order valence-corrected chi connectivity index (χ4v) is 0. The van der Waals surface area contributed by atoms with Crippen LogP contribution in [-0.2, 0) is 0 Å². The van der Waals surface area contributed by atoms with Crippen molar-refractivity contribution in [2.24, 2.45) is 0 Å². The molecule has 0 spiro atoms. The van der Waals surface area contributed by atoms with Crippen LogP contribution in [0.4, 0.5) is 0 Å². The van der Waals surface area contributed by atoms with Crippen molar-refractivity contribution in [3.63, 3.8) is 0 Å². The van der Waals surface area contributed by atoms with Crippen molar-refractivity contribution in [3.8, 4) is 0 Å². The van der Waals surface area contributed by atoms with Crippen LogP contribution >= 0.6 is 41.8 Å². The maximum Gasteiger partial charge on any atom is 0.0265 e. The fourth-order valence-electron chi connectivity index (χ4n) is 0. The van der Waals surface area contributed by atoms with Gasteiger partial charge in [0.2, 0.25) is 0 Å². The highest BCUT2D eigenvalue weighted by atomic mass is 127. The van der Waals surface area contributed by atoms with Crippen molar-refractivity contribution < 1.29 is 0 Å². The van der Waals surface area contributed by atoms with Crippen LogP contribution in [0.25, 0.3) is 0 Å². The molecule has 0 aliphatic carbocycles. The van der Waals surface area contributed by atoms with Crippen molar-refractivity contribution in [2.45, 2.75) is 0 Å². The summed E-state index contributed by atoms with van der Waals surface area (Å²) in [5, 5.41) is 0. The zero-order valence-corrected chi connectivity index (χ0v) is 6.84. The van der Waals surface area contributed by atoms with Crippen LogP contribution < -0.4 is 0 Å². The van der Waals surface area contributed by atoms with Crippen molar-refractivity contribution in [1.29, 1.82) is 0 Å². The molecule has 1 unspecified atom stereocenters. The van der Waals surface area contributed by atoms with Gasteiger partial charge in [-0.3, -0.25) is 0 Å². The Morgan fingerprint density at radius 3 is 2.00 bits per heavy atom. The van der Waals surface area contributed by atoms with Crippen LogP contribution in [0.3, 0.4) is 0 Å². The van der Waals surface area contributed by atoms with Gasteiger partial charge in [0.1, 0.15) is 0 Å². The van der Waals surface area contributed by atoms with E-state index in [1.807, 2.05) is 0 Å². The predicted octanol–water partition coefficient (Wildman–Crippen LogP) is 2.76. The first-order valence-electron chi connectivity index (χ1n) is 0.785. The minimum atomic E-state index is 0.162. The number of hydrogen-bond acceptors (Lipinski definition) is 0. The number of halogens is 2. The molecular formula is CH3BrIP. The van der Waals surface area contributed by atoms with Gasteiger partial charge in [0.25, 0.3) is 0 Å². The molecule has 0 aromatic carbocycles. The molecule has 4 heavy (non-hydrogen) atoms. The summed E-state index contributed by atoms with van der Waals surface area (Å²) in [7, 11) is 0. The second-order valence-electron chi connectivity index (χ2n) is 0.402. The molecule has 0 aromatic rings. The van der Waals surface area contributed by atoms with Crippen LogP contribution in [-0.4, -0.2) is 6.66 Å². The second-order valence-corrected chi connectivity index (χ2v) is 12.7. The smallest absolute Gasteiger partial charge is 0.0265 e. The summed E-state index contributed by atoms with van der Waals surface area (Å²) in [5.74, 6) is 0. The zero-order valence-electron chi connectivity index (χ0n) is 2.20. The lowest BCUT2D eigenvalue weighted by atomic mass is 12.0. The van der Waals surface area contributed by atoms with Gasteiger partial charge in [-0.25, -0.2) is 0 Å². The van der Waals surface area contributed by atoms with Crippen molar-refractivity contribution in [3.05, 3.63) is 0 Å². The van der Waals surface area contributed by atoms with Gasteiger partial charge >= 0.3 is 0 Å². The maximum absolute atomic E-state index is 3.32. The molecule has 0 amide bonds. The number of hydrogen-bond donors (Lipinski definition) is 0. The van der Waals surface area contributed by atoms with Gasteiger partial charge in [-0.1, -0.05) is 0 Å². The quantitative estimate of drug-likeness (QED) is 0.460. The van der Waals surface area contributed by atoms with E-state index in [1.54, 1.807) is 0 Å². The summed E-state index contributed by atoms with van der Waals surface area (Å²) < 4.78 is 0.162. The first-order valence-corrected chi connectivity index (χ1v) is 7.38. The van der Waals surface area contributed by atoms with E-state index in [0.717, 1.165) is 0 Å². The van der Waals surface area contributed by atoms with Gasteiger partial charge < -0.3 is 0 Å². The summed E-state index contributed by atoms with van der Waals surface area (Å²) in [6.45, 7) is 2.13. The lowest BCUT2D eigenvalue weighted by Gasteiger charge is -1.74. The Morgan fingerprint density at radius 2 is 2.00 bits per heavy atom. The molecule has 0 N–H and O–H groups in total. The fraction of sp³-hybridized carbons (Fsp3) is 1.00. The lowest BCUT2D eigenvalue weighted by molar-refractivity contribution is 2.51. The molecule has 0 heterocycles. The molecular weight excluding hydrogens is 250 g/mol. The Bertz CT molecular complexity index is 12.8. The van der Waals surface area contributed by atoms with Gasteiger partial charge in [0, 0.05) is 4.27 Å². The molecule has 0 saturated heterocycles. The molecule has 0 aliphatic rings. The Hall–Kier alpha value is 1.64.